The van der Waals surface area contributed by atoms with Gasteiger partial charge in [0.15, 0.2) is 0 Å². The topological polar surface area (TPSA) is 86.7 Å². The fraction of sp³-hybridized carbons (Fsp3) is 0.600. The number of esters is 4. The highest BCUT2D eigenvalue weighted by molar-refractivity contribution is 6.01. The Hall–Kier alpha value is -1.72. The average Bonchev–Trinajstić information content (AvgIpc) is 2.67. The first-order chi connectivity index (χ1) is 7.58. The molecule has 2 aliphatic heterocycles. The molecule has 2 heterocycles. The first-order valence-corrected chi connectivity index (χ1v) is 5.09. The number of ether oxygens (including phenoxy) is 2. The number of hydrogen-bond donors (Lipinski definition) is 0. The standard InChI is InChI=1S/C10H8O6/c11-7-3-1-4-6(10(14)16-8(4)12)2-5(3)9(13)15-7/h3-6H,1-2H2/t3-,4+,5+,6-. The van der Waals surface area contributed by atoms with Crippen LogP contribution in [0.15, 0.2) is 0 Å². The smallest absolute Gasteiger partial charge is 0.317 e. The van der Waals surface area contributed by atoms with Gasteiger partial charge < -0.3 is 9.47 Å². The minimum absolute atomic E-state index is 0.185. The highest BCUT2D eigenvalue weighted by Gasteiger charge is 2.57. The summed E-state index contributed by atoms with van der Waals surface area (Å²) >= 11 is 0. The first-order valence-electron chi connectivity index (χ1n) is 5.09. The Morgan fingerprint density at radius 3 is 1.12 bits per heavy atom. The van der Waals surface area contributed by atoms with Crippen LogP contribution in [0.1, 0.15) is 12.8 Å². The second-order valence-corrected chi connectivity index (χ2v) is 4.38. The summed E-state index contributed by atoms with van der Waals surface area (Å²) in [5, 5.41) is 0. The quantitative estimate of drug-likeness (QED) is 0.404. The van der Waals surface area contributed by atoms with Crippen LogP contribution in [0.25, 0.3) is 0 Å². The molecule has 1 saturated carbocycles. The summed E-state index contributed by atoms with van der Waals surface area (Å²) in [5.41, 5.74) is 0. The molecule has 84 valence electrons. The molecule has 6 nitrogen and oxygen atoms in total. The number of carbonyl (C=O) groups is 4. The molecule has 0 aromatic rings. The molecule has 0 aromatic carbocycles. The van der Waals surface area contributed by atoms with Crippen LogP contribution in [0.3, 0.4) is 0 Å². The molecule has 0 spiro atoms. The molecule has 3 fully saturated rings. The van der Waals surface area contributed by atoms with Crippen LogP contribution >= 0.6 is 0 Å². The number of cyclic esters (lactones) is 4. The Kier molecular flexibility index (Phi) is 1.72. The van der Waals surface area contributed by atoms with Gasteiger partial charge in [-0.3, -0.25) is 19.2 Å². The molecule has 6 heteroatoms. The van der Waals surface area contributed by atoms with Crippen molar-refractivity contribution < 1.29 is 28.7 Å². The summed E-state index contributed by atoms with van der Waals surface area (Å²) in [7, 11) is 0. The Morgan fingerprint density at radius 2 is 0.875 bits per heavy atom. The molecule has 0 N–H and O–H groups in total. The fourth-order valence-electron chi connectivity index (χ4n) is 2.75. The van der Waals surface area contributed by atoms with Crippen LogP contribution in [-0.2, 0) is 28.7 Å². The molecule has 0 amide bonds. The molecule has 3 rings (SSSR count). The first kappa shape index (κ1) is 9.50. The lowest BCUT2D eigenvalue weighted by atomic mass is 9.70. The molecule has 16 heavy (non-hydrogen) atoms. The molecular formula is C10H8O6. The molecule has 1 aliphatic carbocycles. The van der Waals surface area contributed by atoms with Crippen molar-refractivity contribution in [1.29, 1.82) is 0 Å². The second kappa shape index (κ2) is 2.90. The molecular weight excluding hydrogens is 216 g/mol. The SMILES string of the molecule is O=C1OC(=O)[C@@H]2C[C@@H]3C(=O)OC(=O)[C@@H]3C[C@H]12. The van der Waals surface area contributed by atoms with Crippen LogP contribution in [0, 0.1) is 23.7 Å². The average molecular weight is 224 g/mol. The zero-order valence-corrected chi connectivity index (χ0v) is 8.17. The van der Waals surface area contributed by atoms with Crippen LogP contribution < -0.4 is 0 Å². The lowest BCUT2D eigenvalue weighted by molar-refractivity contribution is -0.154. The third-order valence-electron chi connectivity index (χ3n) is 3.60. The van der Waals surface area contributed by atoms with E-state index >= 15 is 0 Å². The van der Waals surface area contributed by atoms with Gasteiger partial charge in [0, 0.05) is 0 Å². The van der Waals surface area contributed by atoms with Crippen LogP contribution in [0.5, 0.6) is 0 Å². The second-order valence-electron chi connectivity index (χ2n) is 4.38. The minimum Gasteiger partial charge on any atom is -0.393 e. The monoisotopic (exact) mass is 224 g/mol. The third-order valence-corrected chi connectivity index (χ3v) is 3.60. The van der Waals surface area contributed by atoms with Gasteiger partial charge in [-0.15, -0.1) is 0 Å². The van der Waals surface area contributed by atoms with Crippen molar-refractivity contribution in [1.82, 2.24) is 0 Å². The van der Waals surface area contributed by atoms with Gasteiger partial charge in [-0.1, -0.05) is 0 Å². The predicted octanol–water partition coefficient (Wildman–Crippen LogP) is -0.588. The number of fused-ring (bicyclic) bond motifs is 2. The summed E-state index contributed by atoms with van der Waals surface area (Å²) in [5.74, 6) is -4.64. The van der Waals surface area contributed by atoms with Crippen molar-refractivity contribution in [3.63, 3.8) is 0 Å². The summed E-state index contributed by atoms with van der Waals surface area (Å²) < 4.78 is 9.01. The van der Waals surface area contributed by atoms with Crippen molar-refractivity contribution in [3.05, 3.63) is 0 Å². The minimum atomic E-state index is -0.583. The van der Waals surface area contributed by atoms with E-state index in [1.165, 1.54) is 0 Å². The number of hydrogen-bond acceptors (Lipinski definition) is 6. The van der Waals surface area contributed by atoms with E-state index in [4.69, 9.17) is 0 Å². The largest absolute Gasteiger partial charge is 0.393 e. The van der Waals surface area contributed by atoms with E-state index in [2.05, 4.69) is 9.47 Å². The maximum Gasteiger partial charge on any atom is 0.317 e. The molecule has 3 aliphatic rings. The Labute approximate surface area is 89.9 Å². The third kappa shape index (κ3) is 1.07. The molecule has 0 aromatic heterocycles. The van der Waals surface area contributed by atoms with Crippen molar-refractivity contribution >= 4 is 23.9 Å². The van der Waals surface area contributed by atoms with Crippen molar-refractivity contribution in [2.75, 3.05) is 0 Å². The van der Waals surface area contributed by atoms with Gasteiger partial charge in [-0.2, -0.15) is 0 Å². The van der Waals surface area contributed by atoms with E-state index in [9.17, 15) is 19.2 Å². The van der Waals surface area contributed by atoms with E-state index in [0.29, 0.717) is 0 Å². The summed E-state index contributed by atoms with van der Waals surface area (Å²) in [4.78, 5) is 45.3. The van der Waals surface area contributed by atoms with Crippen LogP contribution in [0.4, 0.5) is 0 Å². The van der Waals surface area contributed by atoms with Crippen molar-refractivity contribution in [2.45, 2.75) is 12.8 Å². The lowest BCUT2D eigenvalue weighted by Gasteiger charge is -2.25. The highest BCUT2D eigenvalue weighted by Crippen LogP contribution is 2.45. The lowest BCUT2D eigenvalue weighted by Crippen LogP contribution is -2.35. The van der Waals surface area contributed by atoms with E-state index in [0.717, 1.165) is 0 Å². The van der Waals surface area contributed by atoms with Gasteiger partial charge in [0.05, 0.1) is 23.7 Å². The summed E-state index contributed by atoms with van der Waals surface area (Å²) in [6, 6.07) is 0. The van der Waals surface area contributed by atoms with Gasteiger partial charge >= 0.3 is 23.9 Å². The van der Waals surface area contributed by atoms with Crippen molar-refractivity contribution in [2.24, 2.45) is 23.7 Å². The fourth-order valence-corrected chi connectivity index (χ4v) is 2.75. The number of carbonyl (C=O) groups excluding carboxylic acids is 4. The Bertz CT molecular complexity index is 349. The predicted molar refractivity (Wildman–Crippen MR) is 45.4 cm³/mol. The van der Waals surface area contributed by atoms with Gasteiger partial charge in [-0.25, -0.2) is 0 Å². The van der Waals surface area contributed by atoms with Crippen LogP contribution in [-0.4, -0.2) is 23.9 Å². The Balaban J connectivity index is 1.92. The van der Waals surface area contributed by atoms with Crippen LogP contribution in [0.2, 0.25) is 0 Å². The highest BCUT2D eigenvalue weighted by atomic mass is 16.6. The maximum absolute atomic E-state index is 11.3. The number of rotatable bonds is 0. The van der Waals surface area contributed by atoms with Crippen molar-refractivity contribution in [3.8, 4) is 0 Å². The Morgan fingerprint density at radius 1 is 0.625 bits per heavy atom. The normalized spacial score (nSPS) is 41.5. The van der Waals surface area contributed by atoms with E-state index in [1.54, 1.807) is 0 Å². The molecule has 2 saturated heterocycles. The summed E-state index contributed by atoms with van der Waals surface area (Å²) in [6.07, 6.45) is 0.370. The zero-order valence-electron chi connectivity index (χ0n) is 8.17. The van der Waals surface area contributed by atoms with Gasteiger partial charge in [0.25, 0.3) is 0 Å². The molecule has 4 atom stereocenters. The maximum atomic E-state index is 11.3. The zero-order chi connectivity index (χ0) is 11.4. The van der Waals surface area contributed by atoms with E-state index < -0.39 is 47.5 Å². The van der Waals surface area contributed by atoms with Gasteiger partial charge in [-0.05, 0) is 12.8 Å². The molecule has 0 bridgehead atoms. The van der Waals surface area contributed by atoms with E-state index in [-0.39, 0.29) is 12.8 Å². The summed E-state index contributed by atoms with van der Waals surface area (Å²) in [6.45, 7) is 0. The van der Waals surface area contributed by atoms with Gasteiger partial charge in [0.1, 0.15) is 0 Å². The molecule has 0 unspecified atom stereocenters. The van der Waals surface area contributed by atoms with E-state index in [1.807, 2.05) is 0 Å². The van der Waals surface area contributed by atoms with Gasteiger partial charge in [0.2, 0.25) is 0 Å². The molecule has 0 radical (unpaired) electrons.